The van der Waals surface area contributed by atoms with Gasteiger partial charge in [0.15, 0.2) is 0 Å². The highest BCUT2D eigenvalue weighted by Gasteiger charge is 2.11. The van der Waals surface area contributed by atoms with Crippen molar-refractivity contribution < 1.29 is 4.42 Å². The summed E-state index contributed by atoms with van der Waals surface area (Å²) in [6.45, 7) is 3.07. The van der Waals surface area contributed by atoms with Crippen LogP contribution in [0.3, 0.4) is 0 Å². The Bertz CT molecular complexity index is 410. The molecule has 2 rings (SSSR count). The van der Waals surface area contributed by atoms with Gasteiger partial charge in [-0.2, -0.15) is 0 Å². The summed E-state index contributed by atoms with van der Waals surface area (Å²) in [5.74, 6) is 0. The van der Waals surface area contributed by atoms with E-state index in [1.54, 1.807) is 23.9 Å². The quantitative estimate of drug-likeness (QED) is 0.867. The van der Waals surface area contributed by atoms with Crippen LogP contribution < -0.4 is 5.32 Å². The molecule has 0 radical (unpaired) electrons. The third-order valence-electron chi connectivity index (χ3n) is 2.37. The number of thiazole rings is 1. The van der Waals surface area contributed by atoms with Crippen LogP contribution >= 0.6 is 11.3 Å². The van der Waals surface area contributed by atoms with Crippen LogP contribution in [0, 0.1) is 0 Å². The number of nitrogens with one attached hydrogen (secondary N) is 1. The van der Waals surface area contributed by atoms with Gasteiger partial charge in [-0.15, -0.1) is 11.3 Å². The molecule has 0 aliphatic carbocycles. The highest BCUT2D eigenvalue weighted by Crippen LogP contribution is 2.29. The lowest BCUT2D eigenvalue weighted by Crippen LogP contribution is -2.05. The van der Waals surface area contributed by atoms with Crippen molar-refractivity contribution in [3.8, 4) is 10.6 Å². The van der Waals surface area contributed by atoms with Crippen LogP contribution in [-0.2, 0) is 13.0 Å². The number of hydrogen-bond donors (Lipinski definition) is 1. The first-order valence-electron chi connectivity index (χ1n) is 5.51. The Balaban J connectivity index is 2.30. The minimum atomic E-state index is 0.894. The van der Waals surface area contributed by atoms with Crippen LogP contribution in [0.2, 0.25) is 0 Å². The SMILES string of the molecule is CCCc1nc(-c2ccoc2)sc1CNC. The Labute approximate surface area is 99.5 Å². The van der Waals surface area contributed by atoms with Crippen molar-refractivity contribution in [1.29, 1.82) is 0 Å². The van der Waals surface area contributed by atoms with Gasteiger partial charge in [0.2, 0.25) is 0 Å². The van der Waals surface area contributed by atoms with Gasteiger partial charge in [0.25, 0.3) is 0 Å². The first kappa shape index (κ1) is 11.4. The van der Waals surface area contributed by atoms with Crippen molar-refractivity contribution in [2.45, 2.75) is 26.3 Å². The van der Waals surface area contributed by atoms with Crippen LogP contribution in [0.15, 0.2) is 23.0 Å². The number of nitrogens with zero attached hydrogens (tertiary/aromatic N) is 1. The summed E-state index contributed by atoms with van der Waals surface area (Å²) in [6, 6.07) is 1.96. The van der Waals surface area contributed by atoms with E-state index in [1.807, 2.05) is 13.1 Å². The minimum absolute atomic E-state index is 0.894. The van der Waals surface area contributed by atoms with E-state index in [4.69, 9.17) is 4.42 Å². The van der Waals surface area contributed by atoms with Crippen molar-refractivity contribution >= 4 is 11.3 Å². The largest absolute Gasteiger partial charge is 0.472 e. The van der Waals surface area contributed by atoms with Gasteiger partial charge in [0.1, 0.15) is 11.3 Å². The van der Waals surface area contributed by atoms with E-state index in [0.717, 1.165) is 30.0 Å². The lowest BCUT2D eigenvalue weighted by atomic mass is 10.2. The Hall–Kier alpha value is -1.13. The molecule has 2 heterocycles. The highest BCUT2D eigenvalue weighted by molar-refractivity contribution is 7.15. The van der Waals surface area contributed by atoms with Crippen molar-refractivity contribution in [2.75, 3.05) is 7.05 Å². The maximum absolute atomic E-state index is 5.09. The molecule has 0 bridgehead atoms. The lowest BCUT2D eigenvalue weighted by molar-refractivity contribution is 0.568. The lowest BCUT2D eigenvalue weighted by Gasteiger charge is -1.98. The fourth-order valence-electron chi connectivity index (χ4n) is 1.62. The standard InChI is InChI=1S/C12H16N2OS/c1-3-4-10-11(7-13-2)16-12(14-10)9-5-6-15-8-9/h5-6,8,13H,3-4,7H2,1-2H3. The fourth-order valence-corrected chi connectivity index (χ4v) is 2.73. The summed E-state index contributed by atoms with van der Waals surface area (Å²) < 4.78 is 5.09. The molecule has 0 spiro atoms. The van der Waals surface area contributed by atoms with Gasteiger partial charge in [-0.25, -0.2) is 4.98 Å². The maximum Gasteiger partial charge on any atom is 0.127 e. The molecule has 2 aromatic heterocycles. The van der Waals surface area contributed by atoms with E-state index in [-0.39, 0.29) is 0 Å². The van der Waals surface area contributed by atoms with Crippen molar-refractivity contribution in [3.05, 3.63) is 29.2 Å². The highest BCUT2D eigenvalue weighted by atomic mass is 32.1. The predicted octanol–water partition coefficient (Wildman–Crippen LogP) is 3.08. The average molecular weight is 236 g/mol. The molecule has 86 valence electrons. The Morgan fingerprint density at radius 3 is 3.00 bits per heavy atom. The number of furan rings is 1. The summed E-state index contributed by atoms with van der Waals surface area (Å²) in [4.78, 5) is 6.01. The molecular formula is C12H16N2OS. The van der Waals surface area contributed by atoms with E-state index in [1.165, 1.54) is 10.6 Å². The van der Waals surface area contributed by atoms with Crippen molar-refractivity contribution in [2.24, 2.45) is 0 Å². The van der Waals surface area contributed by atoms with Gasteiger partial charge >= 0.3 is 0 Å². The second-order valence-corrected chi connectivity index (χ2v) is 4.76. The molecule has 16 heavy (non-hydrogen) atoms. The average Bonchev–Trinajstić information content (AvgIpc) is 2.89. The number of rotatable bonds is 5. The monoisotopic (exact) mass is 236 g/mol. The molecular weight excluding hydrogens is 220 g/mol. The third-order valence-corrected chi connectivity index (χ3v) is 3.52. The topological polar surface area (TPSA) is 38.1 Å². The Kier molecular flexibility index (Phi) is 3.74. The van der Waals surface area contributed by atoms with E-state index in [2.05, 4.69) is 17.2 Å². The maximum atomic E-state index is 5.09. The van der Waals surface area contributed by atoms with Crippen LogP contribution in [0.4, 0.5) is 0 Å². The van der Waals surface area contributed by atoms with Crippen molar-refractivity contribution in [1.82, 2.24) is 10.3 Å². The molecule has 0 fully saturated rings. The second-order valence-electron chi connectivity index (χ2n) is 3.68. The van der Waals surface area contributed by atoms with Gasteiger partial charge in [0, 0.05) is 17.0 Å². The minimum Gasteiger partial charge on any atom is -0.472 e. The van der Waals surface area contributed by atoms with E-state index in [9.17, 15) is 0 Å². The molecule has 0 saturated heterocycles. The van der Waals surface area contributed by atoms with E-state index < -0.39 is 0 Å². The van der Waals surface area contributed by atoms with Crippen LogP contribution in [0.5, 0.6) is 0 Å². The van der Waals surface area contributed by atoms with Gasteiger partial charge < -0.3 is 9.73 Å². The first-order valence-corrected chi connectivity index (χ1v) is 6.32. The third kappa shape index (κ3) is 2.33. The zero-order valence-corrected chi connectivity index (χ0v) is 10.4. The molecule has 0 atom stereocenters. The summed E-state index contributed by atoms with van der Waals surface area (Å²) in [7, 11) is 1.97. The molecule has 0 amide bonds. The molecule has 3 nitrogen and oxygen atoms in total. The number of hydrogen-bond acceptors (Lipinski definition) is 4. The predicted molar refractivity (Wildman–Crippen MR) is 66.6 cm³/mol. The Morgan fingerprint density at radius 2 is 2.38 bits per heavy atom. The van der Waals surface area contributed by atoms with E-state index in [0.29, 0.717) is 0 Å². The summed E-state index contributed by atoms with van der Waals surface area (Å²) >= 11 is 1.75. The molecule has 2 aromatic rings. The summed E-state index contributed by atoms with van der Waals surface area (Å²) in [5.41, 5.74) is 2.29. The fraction of sp³-hybridized carbons (Fsp3) is 0.417. The normalized spacial score (nSPS) is 10.9. The van der Waals surface area contributed by atoms with Gasteiger partial charge in [0.05, 0.1) is 12.0 Å². The second kappa shape index (κ2) is 5.27. The van der Waals surface area contributed by atoms with E-state index >= 15 is 0 Å². The first-order chi connectivity index (χ1) is 7.85. The number of aryl methyl sites for hydroxylation is 1. The molecule has 4 heteroatoms. The van der Waals surface area contributed by atoms with Gasteiger partial charge in [-0.1, -0.05) is 13.3 Å². The zero-order valence-electron chi connectivity index (χ0n) is 9.62. The number of aromatic nitrogens is 1. The van der Waals surface area contributed by atoms with Gasteiger partial charge in [-0.3, -0.25) is 0 Å². The molecule has 0 aromatic carbocycles. The van der Waals surface area contributed by atoms with Crippen LogP contribution in [-0.4, -0.2) is 12.0 Å². The smallest absolute Gasteiger partial charge is 0.127 e. The summed E-state index contributed by atoms with van der Waals surface area (Å²) in [5, 5.41) is 4.25. The zero-order chi connectivity index (χ0) is 11.4. The Morgan fingerprint density at radius 1 is 1.50 bits per heavy atom. The van der Waals surface area contributed by atoms with Crippen molar-refractivity contribution in [3.63, 3.8) is 0 Å². The molecule has 0 saturated carbocycles. The van der Waals surface area contributed by atoms with Gasteiger partial charge in [-0.05, 0) is 19.5 Å². The molecule has 1 N–H and O–H groups in total. The van der Waals surface area contributed by atoms with Crippen LogP contribution in [0.25, 0.3) is 10.6 Å². The van der Waals surface area contributed by atoms with Crippen LogP contribution in [0.1, 0.15) is 23.9 Å². The molecule has 0 aliphatic heterocycles. The molecule has 0 aliphatic rings. The summed E-state index contributed by atoms with van der Waals surface area (Å²) in [6.07, 6.45) is 5.61. The molecule has 0 unspecified atom stereocenters.